The molecule has 2 aliphatic heterocycles. The molecular formula is C19H29N6O7PS3. The van der Waals surface area contributed by atoms with Crippen molar-refractivity contribution < 1.29 is 33.0 Å². The number of nitrogens with one attached hydrogen (secondary N) is 2. The van der Waals surface area contributed by atoms with Crippen molar-refractivity contribution in [2.24, 2.45) is 0 Å². The number of aromatic nitrogens is 4. The molecule has 17 heteroatoms. The molecule has 0 bridgehead atoms. The number of H-pyrrole nitrogens is 1. The Kier molecular flexibility index (Phi) is 9.00. The highest BCUT2D eigenvalue weighted by atomic mass is 33.1. The molecule has 4 rings (SSSR count). The van der Waals surface area contributed by atoms with Crippen molar-refractivity contribution in [3.8, 4) is 0 Å². The number of hydrogen-bond acceptors (Lipinski definition) is 13. The monoisotopic (exact) mass is 580 g/mol. The summed E-state index contributed by atoms with van der Waals surface area (Å²) < 4.78 is 38.3. The van der Waals surface area contributed by atoms with Crippen LogP contribution >= 0.6 is 41.6 Å². The summed E-state index contributed by atoms with van der Waals surface area (Å²) in [6.07, 6.45) is -1.33. The van der Waals surface area contributed by atoms with Gasteiger partial charge in [-0.25, -0.2) is 14.6 Å². The number of carbonyl (C=O) groups excluding carboxylic acids is 1. The number of esters is 1. The lowest BCUT2D eigenvalue weighted by atomic mass is 10.2. The first-order chi connectivity index (χ1) is 17.0. The number of nitrogens with two attached hydrogens (primary N) is 1. The van der Waals surface area contributed by atoms with Gasteiger partial charge in [-0.05, 0) is 20.8 Å². The zero-order valence-corrected chi connectivity index (χ0v) is 23.2. The standard InChI is InChI=1S/C19H29N6O7PS3/c1-9(2)30-18(27)10(3)24-33(28,32-11-6-35-36-7-11)29-5-13-12(26)4-14(31-13)25-8-21-15-16(25)22-19(20)23-17(15)34/h8-14,26H,4-7H2,1-3H3,(H,24,28)(H3,20,22,23,34)/t10-,12-,13+,14+,33-/m0/s1. The number of fused-ring (bicyclic) bond motifs is 1. The van der Waals surface area contributed by atoms with Crippen LogP contribution in [-0.2, 0) is 27.9 Å². The van der Waals surface area contributed by atoms with Crippen LogP contribution in [0.2, 0.25) is 0 Å². The lowest BCUT2D eigenvalue weighted by Crippen LogP contribution is -2.37. The summed E-state index contributed by atoms with van der Waals surface area (Å²) >= 11 is 5.24. The number of hydrogen-bond donors (Lipinski definition) is 4. The Bertz CT molecular complexity index is 1190. The highest BCUT2D eigenvalue weighted by molar-refractivity contribution is 8.77. The van der Waals surface area contributed by atoms with Gasteiger partial charge in [0.2, 0.25) is 5.95 Å². The minimum Gasteiger partial charge on any atom is -0.462 e. The number of aliphatic hydroxyl groups excluding tert-OH is 1. The Hall–Kier alpha value is -1.23. The molecule has 0 unspecified atom stereocenters. The van der Waals surface area contributed by atoms with E-state index in [2.05, 4.69) is 20.0 Å². The summed E-state index contributed by atoms with van der Waals surface area (Å²) in [7, 11) is -0.768. The molecule has 0 aromatic carbocycles. The van der Waals surface area contributed by atoms with Crippen LogP contribution in [0.15, 0.2) is 6.33 Å². The van der Waals surface area contributed by atoms with Gasteiger partial charge in [0, 0.05) is 17.9 Å². The van der Waals surface area contributed by atoms with Gasteiger partial charge < -0.3 is 25.3 Å². The summed E-state index contributed by atoms with van der Waals surface area (Å²) in [4.78, 5) is 23.5. The van der Waals surface area contributed by atoms with Gasteiger partial charge in [0.1, 0.15) is 28.5 Å². The zero-order chi connectivity index (χ0) is 26.0. The van der Waals surface area contributed by atoms with Crippen molar-refractivity contribution in [2.75, 3.05) is 23.8 Å². The third kappa shape index (κ3) is 6.60. The maximum absolute atomic E-state index is 13.6. The fourth-order valence-corrected chi connectivity index (χ4v) is 8.25. The van der Waals surface area contributed by atoms with Crippen molar-refractivity contribution in [3.63, 3.8) is 0 Å². The molecule has 2 aromatic rings. The van der Waals surface area contributed by atoms with Gasteiger partial charge in [0.25, 0.3) is 0 Å². The van der Waals surface area contributed by atoms with Crippen LogP contribution in [0.3, 0.4) is 0 Å². The molecule has 0 spiro atoms. The van der Waals surface area contributed by atoms with E-state index in [9.17, 15) is 14.5 Å². The predicted molar refractivity (Wildman–Crippen MR) is 139 cm³/mol. The summed E-state index contributed by atoms with van der Waals surface area (Å²) in [6.45, 7) is 4.72. The quantitative estimate of drug-likeness (QED) is 0.140. The Labute approximate surface area is 220 Å². The zero-order valence-electron chi connectivity index (χ0n) is 19.9. The van der Waals surface area contributed by atoms with Crippen LogP contribution in [0.1, 0.15) is 33.4 Å². The second-order valence-corrected chi connectivity index (χ2v) is 13.3. The number of imidazole rings is 1. The molecule has 36 heavy (non-hydrogen) atoms. The lowest BCUT2D eigenvalue weighted by Gasteiger charge is -2.26. The van der Waals surface area contributed by atoms with E-state index in [1.165, 1.54) is 13.3 Å². The number of nitrogen functional groups attached to an aromatic ring is 1. The molecular weight excluding hydrogens is 551 g/mol. The fraction of sp³-hybridized carbons (Fsp3) is 0.684. The van der Waals surface area contributed by atoms with E-state index in [1.807, 2.05) is 0 Å². The first-order valence-electron chi connectivity index (χ1n) is 11.3. The van der Waals surface area contributed by atoms with Gasteiger partial charge in [-0.15, -0.1) is 0 Å². The van der Waals surface area contributed by atoms with E-state index in [4.69, 9.17) is 36.5 Å². The molecule has 200 valence electrons. The third-order valence-electron chi connectivity index (χ3n) is 5.31. The van der Waals surface area contributed by atoms with Crippen LogP contribution in [0.4, 0.5) is 5.95 Å². The highest BCUT2D eigenvalue weighted by Gasteiger charge is 2.40. The number of anilines is 1. The predicted octanol–water partition coefficient (Wildman–Crippen LogP) is 2.55. The van der Waals surface area contributed by atoms with Crippen LogP contribution < -0.4 is 10.8 Å². The van der Waals surface area contributed by atoms with Crippen molar-refractivity contribution in [1.29, 1.82) is 0 Å². The Balaban J connectivity index is 1.45. The van der Waals surface area contributed by atoms with Gasteiger partial charge in [-0.2, -0.15) is 4.98 Å². The molecule has 0 aliphatic carbocycles. The van der Waals surface area contributed by atoms with E-state index in [1.54, 1.807) is 40.0 Å². The smallest absolute Gasteiger partial charge is 0.406 e. The van der Waals surface area contributed by atoms with Crippen molar-refractivity contribution in [3.05, 3.63) is 11.0 Å². The van der Waals surface area contributed by atoms with Gasteiger partial charge in [-0.1, -0.05) is 33.8 Å². The SMILES string of the molecule is CC(C)OC(=O)[C@H](C)N[P@](=O)(OC[C@H]1O[C@@H](n2cnc3c(=S)[nH]c(N)nc32)C[C@@H]1O)OC1CSSC1. The topological polar surface area (TPSA) is 176 Å². The van der Waals surface area contributed by atoms with Gasteiger partial charge in [-0.3, -0.25) is 18.4 Å². The summed E-state index contributed by atoms with van der Waals surface area (Å²) in [5.74, 6) is 0.801. The Morgan fingerprint density at radius 1 is 1.44 bits per heavy atom. The van der Waals surface area contributed by atoms with Gasteiger partial charge in [0.05, 0.1) is 31.2 Å². The van der Waals surface area contributed by atoms with E-state index >= 15 is 0 Å². The molecule has 5 atom stereocenters. The normalized spacial score (nSPS) is 25.4. The molecule has 0 amide bonds. The number of aromatic amines is 1. The highest BCUT2D eigenvalue weighted by Crippen LogP contribution is 2.49. The van der Waals surface area contributed by atoms with Crippen LogP contribution in [0.5, 0.6) is 0 Å². The number of rotatable bonds is 10. The van der Waals surface area contributed by atoms with E-state index in [-0.39, 0.29) is 31.2 Å². The van der Waals surface area contributed by atoms with Crippen molar-refractivity contribution in [1.82, 2.24) is 24.6 Å². The Morgan fingerprint density at radius 3 is 2.86 bits per heavy atom. The molecule has 13 nitrogen and oxygen atoms in total. The minimum atomic E-state index is -3.97. The summed E-state index contributed by atoms with van der Waals surface area (Å²) in [6, 6.07) is -0.944. The molecule has 5 N–H and O–H groups in total. The number of nitrogens with zero attached hydrogens (tertiary/aromatic N) is 3. The first kappa shape index (κ1) is 27.8. The third-order valence-corrected chi connectivity index (χ3v) is 9.87. The van der Waals surface area contributed by atoms with Crippen LogP contribution in [0, 0.1) is 4.64 Å². The average Bonchev–Trinajstić information content (AvgIpc) is 3.52. The maximum Gasteiger partial charge on any atom is 0.406 e. The second kappa shape index (κ2) is 11.7. The van der Waals surface area contributed by atoms with Gasteiger partial charge in [0.15, 0.2) is 5.65 Å². The minimum absolute atomic E-state index is 0.130. The number of aliphatic hydroxyl groups is 1. The van der Waals surface area contributed by atoms with Crippen molar-refractivity contribution >= 4 is 64.6 Å². The average molecular weight is 581 g/mol. The van der Waals surface area contributed by atoms with E-state index in [0.717, 1.165) is 0 Å². The lowest BCUT2D eigenvalue weighted by molar-refractivity contribution is -0.149. The summed E-state index contributed by atoms with van der Waals surface area (Å²) in [5.41, 5.74) is 6.65. The largest absolute Gasteiger partial charge is 0.462 e. The Morgan fingerprint density at radius 2 is 2.17 bits per heavy atom. The molecule has 2 aromatic heterocycles. The fourth-order valence-electron chi connectivity index (χ4n) is 3.64. The van der Waals surface area contributed by atoms with E-state index < -0.39 is 38.2 Å². The maximum atomic E-state index is 13.6. The van der Waals surface area contributed by atoms with Crippen LogP contribution in [0.25, 0.3) is 11.2 Å². The molecule has 2 fully saturated rings. The first-order valence-corrected chi connectivity index (χ1v) is 15.7. The molecule has 4 heterocycles. The number of ether oxygens (including phenoxy) is 2. The molecule has 0 saturated carbocycles. The van der Waals surface area contributed by atoms with Crippen molar-refractivity contribution in [2.45, 2.75) is 63.9 Å². The summed E-state index contributed by atoms with van der Waals surface area (Å²) in [5, 5.41) is 13.3. The van der Waals surface area contributed by atoms with E-state index in [0.29, 0.717) is 27.3 Å². The van der Waals surface area contributed by atoms with Crippen LogP contribution in [-0.4, -0.2) is 79.2 Å². The molecule has 2 saturated heterocycles. The molecule has 0 radical (unpaired) electrons. The second-order valence-electron chi connectivity index (χ2n) is 8.63. The molecule has 2 aliphatic rings. The van der Waals surface area contributed by atoms with Gasteiger partial charge >= 0.3 is 13.7 Å². The number of carbonyl (C=O) groups is 1.